The highest BCUT2D eigenvalue weighted by Crippen LogP contribution is 2.31. The van der Waals surface area contributed by atoms with Gasteiger partial charge in [-0.3, -0.25) is 14.6 Å². The molecule has 1 atom stereocenters. The second-order valence-corrected chi connectivity index (χ2v) is 5.98. The molecule has 1 saturated heterocycles. The summed E-state index contributed by atoms with van der Waals surface area (Å²) in [5.74, 6) is -0.430. The lowest BCUT2D eigenvalue weighted by molar-refractivity contribution is -0.133. The average molecular weight is 343 g/mol. The lowest BCUT2D eigenvalue weighted by Gasteiger charge is -2.36. The molecule has 1 aliphatic rings. The zero-order valence-electron chi connectivity index (χ0n) is 14.3. The Bertz CT molecular complexity index is 761. The second kappa shape index (κ2) is 7.02. The van der Waals surface area contributed by atoms with Crippen LogP contribution in [0.5, 0.6) is 0 Å². The number of likely N-dealkylation sites (N-methyl/N-ethyl adjacent to an activating group) is 1. The smallest absolute Gasteiger partial charge is 0.258 e. The molecule has 25 heavy (non-hydrogen) atoms. The number of methoxy groups -OCH3 is 1. The van der Waals surface area contributed by atoms with Gasteiger partial charge >= 0.3 is 0 Å². The number of carbonyl (C=O) groups excluding carboxylic acids is 2. The zero-order valence-corrected chi connectivity index (χ0v) is 14.3. The Labute approximate surface area is 145 Å². The molecule has 1 aliphatic heterocycles. The number of carbonyl (C=O) groups is 2. The molecule has 1 unspecified atom stereocenters. The summed E-state index contributed by atoms with van der Waals surface area (Å²) in [7, 11) is 3.11. The molecule has 0 aliphatic carbocycles. The Morgan fingerprint density at radius 1 is 1.36 bits per heavy atom. The molecule has 8 nitrogen and oxygen atoms in total. The fraction of sp³-hybridized carbons (Fsp3) is 0.412. The molecule has 1 fully saturated rings. The minimum absolute atomic E-state index is 0.164. The Morgan fingerprint density at radius 3 is 2.80 bits per heavy atom. The molecule has 3 rings (SSSR count). The van der Waals surface area contributed by atoms with Crippen molar-refractivity contribution in [3.63, 3.8) is 0 Å². The van der Waals surface area contributed by atoms with Crippen LogP contribution >= 0.6 is 0 Å². The van der Waals surface area contributed by atoms with Crippen LogP contribution in [-0.2, 0) is 9.53 Å². The van der Waals surface area contributed by atoms with Crippen LogP contribution < -0.4 is 5.32 Å². The topological polar surface area (TPSA) is 89.4 Å². The van der Waals surface area contributed by atoms with Crippen LogP contribution in [0.25, 0.3) is 5.69 Å². The molecule has 0 aromatic carbocycles. The number of aromatic nitrogens is 3. The summed E-state index contributed by atoms with van der Waals surface area (Å²) in [4.78, 5) is 31.1. The molecule has 0 radical (unpaired) electrons. The Balaban J connectivity index is 1.89. The van der Waals surface area contributed by atoms with E-state index >= 15 is 0 Å². The van der Waals surface area contributed by atoms with Gasteiger partial charge in [0.05, 0.1) is 24.1 Å². The first-order chi connectivity index (χ1) is 12.1. The van der Waals surface area contributed by atoms with Gasteiger partial charge in [-0.05, 0) is 25.0 Å². The van der Waals surface area contributed by atoms with E-state index in [9.17, 15) is 9.59 Å². The first-order valence-electron chi connectivity index (χ1n) is 8.10. The van der Waals surface area contributed by atoms with Crippen LogP contribution in [0.3, 0.4) is 0 Å². The van der Waals surface area contributed by atoms with Crippen molar-refractivity contribution in [3.05, 3.63) is 42.5 Å². The third kappa shape index (κ3) is 3.00. The summed E-state index contributed by atoms with van der Waals surface area (Å²) in [5.41, 5.74) is 0.271. The average Bonchev–Trinajstić information content (AvgIpc) is 3.29. The lowest BCUT2D eigenvalue weighted by Crippen LogP contribution is -2.59. The number of likely N-dealkylation sites (tertiary alicyclic amines) is 1. The van der Waals surface area contributed by atoms with Gasteiger partial charge in [0.15, 0.2) is 0 Å². The van der Waals surface area contributed by atoms with Crippen LogP contribution in [0.4, 0.5) is 0 Å². The monoisotopic (exact) mass is 343 g/mol. The quantitative estimate of drug-likeness (QED) is 0.860. The maximum absolute atomic E-state index is 13.0. The number of nitrogens with one attached hydrogen (secondary N) is 1. The first-order valence-corrected chi connectivity index (χ1v) is 8.10. The van der Waals surface area contributed by atoms with Gasteiger partial charge in [0.1, 0.15) is 5.54 Å². The normalized spacial score (nSPS) is 19.8. The first kappa shape index (κ1) is 17.1. The predicted molar refractivity (Wildman–Crippen MR) is 90.3 cm³/mol. The van der Waals surface area contributed by atoms with Gasteiger partial charge in [0, 0.05) is 39.3 Å². The molecule has 3 heterocycles. The molecule has 2 aromatic rings. The van der Waals surface area contributed by atoms with Crippen molar-refractivity contribution in [1.29, 1.82) is 0 Å². The number of rotatable bonds is 5. The van der Waals surface area contributed by atoms with Crippen molar-refractivity contribution in [2.24, 2.45) is 0 Å². The van der Waals surface area contributed by atoms with Crippen molar-refractivity contribution < 1.29 is 14.3 Å². The summed E-state index contributed by atoms with van der Waals surface area (Å²) in [6, 6.07) is 3.60. The standard InChI is InChI=1S/C17H21N5O3/c1-18-16(24)17(12-25-2)6-3-9-21(17)15(23)13-10-20-22(11-13)14-4-7-19-8-5-14/h4-5,7-8,10-11H,3,6,9,12H2,1-2H3,(H,18,24). The number of nitrogens with zero attached hydrogens (tertiary/aromatic N) is 4. The highest BCUT2D eigenvalue weighted by Gasteiger charge is 2.49. The number of amides is 2. The van der Waals surface area contributed by atoms with Crippen LogP contribution in [0.15, 0.2) is 36.9 Å². The van der Waals surface area contributed by atoms with Crippen LogP contribution in [0, 0.1) is 0 Å². The number of hydrogen-bond acceptors (Lipinski definition) is 5. The van der Waals surface area contributed by atoms with Crippen LogP contribution in [-0.4, -0.2) is 64.3 Å². The molecular formula is C17H21N5O3. The van der Waals surface area contributed by atoms with Crippen molar-refractivity contribution in [2.75, 3.05) is 27.3 Å². The fourth-order valence-corrected chi connectivity index (χ4v) is 3.32. The van der Waals surface area contributed by atoms with Gasteiger partial charge in [0.2, 0.25) is 5.91 Å². The molecule has 0 saturated carbocycles. The molecule has 1 N–H and O–H groups in total. The van der Waals surface area contributed by atoms with Gasteiger partial charge in [-0.25, -0.2) is 4.68 Å². The molecule has 2 aromatic heterocycles. The minimum Gasteiger partial charge on any atom is -0.382 e. The number of hydrogen-bond donors (Lipinski definition) is 1. The van der Waals surface area contributed by atoms with Crippen molar-refractivity contribution in [1.82, 2.24) is 25.0 Å². The summed E-state index contributed by atoms with van der Waals surface area (Å²) in [6.07, 6.45) is 7.83. The predicted octanol–water partition coefficient (Wildman–Crippen LogP) is 0.635. The Hall–Kier alpha value is -2.74. The number of pyridine rings is 1. The molecule has 132 valence electrons. The molecule has 8 heteroatoms. The molecule has 2 amide bonds. The SMILES string of the molecule is CNC(=O)C1(COC)CCCN1C(=O)c1cnn(-c2ccncc2)c1. The largest absolute Gasteiger partial charge is 0.382 e. The van der Waals surface area contributed by atoms with E-state index in [4.69, 9.17) is 4.74 Å². The van der Waals surface area contributed by atoms with Gasteiger partial charge in [-0.2, -0.15) is 5.10 Å². The summed E-state index contributed by atoms with van der Waals surface area (Å²) >= 11 is 0. The van der Waals surface area contributed by atoms with Crippen LogP contribution in [0.2, 0.25) is 0 Å². The van der Waals surface area contributed by atoms with E-state index in [2.05, 4.69) is 15.4 Å². The molecule has 0 bridgehead atoms. The molecule has 0 spiro atoms. The summed E-state index contributed by atoms with van der Waals surface area (Å²) < 4.78 is 6.87. The zero-order chi connectivity index (χ0) is 17.9. The van der Waals surface area contributed by atoms with Gasteiger partial charge < -0.3 is 15.0 Å². The Kier molecular flexibility index (Phi) is 4.80. The van der Waals surface area contributed by atoms with Gasteiger partial charge in [0.25, 0.3) is 5.91 Å². The third-order valence-electron chi connectivity index (χ3n) is 4.52. The maximum atomic E-state index is 13.0. The summed E-state index contributed by atoms with van der Waals surface area (Å²) in [6.45, 7) is 0.674. The van der Waals surface area contributed by atoms with Crippen molar-refractivity contribution in [2.45, 2.75) is 18.4 Å². The van der Waals surface area contributed by atoms with Crippen molar-refractivity contribution >= 4 is 11.8 Å². The Morgan fingerprint density at radius 2 is 2.12 bits per heavy atom. The van der Waals surface area contributed by atoms with E-state index in [-0.39, 0.29) is 18.4 Å². The fourth-order valence-electron chi connectivity index (χ4n) is 3.32. The number of ether oxygens (including phenoxy) is 1. The van der Waals surface area contributed by atoms with E-state index in [0.717, 1.165) is 12.1 Å². The van der Waals surface area contributed by atoms with Crippen LogP contribution in [0.1, 0.15) is 23.2 Å². The summed E-state index contributed by atoms with van der Waals surface area (Å²) in [5, 5.41) is 6.91. The van der Waals surface area contributed by atoms with E-state index in [1.54, 1.807) is 47.4 Å². The molecular weight excluding hydrogens is 322 g/mol. The lowest BCUT2D eigenvalue weighted by atomic mass is 9.95. The van der Waals surface area contributed by atoms with E-state index in [1.807, 2.05) is 0 Å². The highest BCUT2D eigenvalue weighted by molar-refractivity contribution is 5.99. The third-order valence-corrected chi connectivity index (χ3v) is 4.52. The minimum atomic E-state index is -0.973. The van der Waals surface area contributed by atoms with E-state index in [1.165, 1.54) is 13.3 Å². The van der Waals surface area contributed by atoms with Crippen molar-refractivity contribution in [3.8, 4) is 5.69 Å². The van der Waals surface area contributed by atoms with E-state index in [0.29, 0.717) is 18.5 Å². The second-order valence-electron chi connectivity index (χ2n) is 5.98. The maximum Gasteiger partial charge on any atom is 0.258 e. The van der Waals surface area contributed by atoms with E-state index < -0.39 is 5.54 Å². The highest BCUT2D eigenvalue weighted by atomic mass is 16.5. The van der Waals surface area contributed by atoms with Gasteiger partial charge in [-0.1, -0.05) is 0 Å². The van der Waals surface area contributed by atoms with Gasteiger partial charge in [-0.15, -0.1) is 0 Å².